The number of likely N-dealkylation sites (tertiary alicyclic amines) is 1. The van der Waals surface area contributed by atoms with E-state index in [2.05, 4.69) is 45.1 Å². The normalized spacial score (nSPS) is 22.1. The molecule has 2 fully saturated rings. The summed E-state index contributed by atoms with van der Waals surface area (Å²) in [5.74, 6) is 0. The summed E-state index contributed by atoms with van der Waals surface area (Å²) in [5.41, 5.74) is 3.02. The Morgan fingerprint density at radius 2 is 2.09 bits per heavy atom. The van der Waals surface area contributed by atoms with Gasteiger partial charge in [0, 0.05) is 26.2 Å². The number of anilines is 1. The number of piperidine rings is 1. The number of hydrogen-bond donors (Lipinski definition) is 0. The first kappa shape index (κ1) is 14.8. The Kier molecular flexibility index (Phi) is 3.69. The molecule has 0 aromatic carbocycles. The summed E-state index contributed by atoms with van der Waals surface area (Å²) >= 11 is 0. The molecule has 7 heteroatoms. The van der Waals surface area contributed by atoms with Gasteiger partial charge >= 0.3 is 0 Å². The molecule has 0 atom stereocenters. The van der Waals surface area contributed by atoms with Crippen LogP contribution in [0.5, 0.6) is 0 Å². The molecule has 4 heterocycles. The Morgan fingerprint density at radius 1 is 1.26 bits per heavy atom. The number of nitrogens with zero attached hydrogens (tertiary/aromatic N) is 6. The average Bonchev–Trinajstić information content (AvgIpc) is 3.05. The van der Waals surface area contributed by atoms with Crippen LogP contribution in [0.2, 0.25) is 0 Å². The minimum absolute atomic E-state index is 0.0164. The van der Waals surface area contributed by atoms with Crippen LogP contribution in [0, 0.1) is 0 Å². The first-order valence-electron chi connectivity index (χ1n) is 8.46. The lowest BCUT2D eigenvalue weighted by Gasteiger charge is -2.47. The largest absolute Gasteiger partial charge is 0.371 e. The van der Waals surface area contributed by atoms with Crippen molar-refractivity contribution in [3.8, 4) is 0 Å². The van der Waals surface area contributed by atoms with Crippen LogP contribution in [0.1, 0.15) is 25.5 Å². The minimum atomic E-state index is -0.0164. The van der Waals surface area contributed by atoms with Crippen LogP contribution in [0.25, 0.3) is 5.65 Å². The summed E-state index contributed by atoms with van der Waals surface area (Å²) in [5, 5.41) is 12.9. The highest BCUT2D eigenvalue weighted by Gasteiger charge is 2.39. The van der Waals surface area contributed by atoms with Crippen LogP contribution in [0.15, 0.2) is 12.4 Å². The van der Waals surface area contributed by atoms with E-state index in [1.165, 1.54) is 0 Å². The number of rotatable bonds is 2. The van der Waals surface area contributed by atoms with E-state index in [1.54, 1.807) is 10.8 Å². The summed E-state index contributed by atoms with van der Waals surface area (Å²) in [6.45, 7) is 6.92. The van der Waals surface area contributed by atoms with Gasteiger partial charge in [0.05, 0.1) is 23.6 Å². The van der Waals surface area contributed by atoms with Gasteiger partial charge in [0.15, 0.2) is 0 Å². The van der Waals surface area contributed by atoms with Gasteiger partial charge in [0.25, 0.3) is 0 Å². The van der Waals surface area contributed by atoms with E-state index in [9.17, 15) is 0 Å². The van der Waals surface area contributed by atoms with E-state index < -0.39 is 0 Å². The number of ether oxygens (including phenoxy) is 1. The summed E-state index contributed by atoms with van der Waals surface area (Å²) in [6.07, 6.45) is 4.77. The van der Waals surface area contributed by atoms with Crippen LogP contribution < -0.4 is 4.90 Å². The Bertz CT molecular complexity index is 691. The van der Waals surface area contributed by atoms with Crippen LogP contribution in [-0.2, 0) is 11.2 Å². The number of aryl methyl sites for hydroxylation is 1. The van der Waals surface area contributed by atoms with E-state index in [-0.39, 0.29) is 5.60 Å². The van der Waals surface area contributed by atoms with Crippen molar-refractivity contribution in [2.45, 2.75) is 31.8 Å². The zero-order valence-electron chi connectivity index (χ0n) is 13.9. The molecule has 0 radical (unpaired) electrons. The van der Waals surface area contributed by atoms with Crippen molar-refractivity contribution in [3.63, 3.8) is 0 Å². The Labute approximate surface area is 136 Å². The Hall–Kier alpha value is -1.73. The van der Waals surface area contributed by atoms with Crippen LogP contribution >= 0.6 is 0 Å². The highest BCUT2D eigenvalue weighted by molar-refractivity contribution is 5.68. The minimum Gasteiger partial charge on any atom is -0.371 e. The third kappa shape index (κ3) is 2.68. The second-order valence-corrected chi connectivity index (χ2v) is 6.73. The highest BCUT2D eigenvalue weighted by atomic mass is 16.5. The van der Waals surface area contributed by atoms with Gasteiger partial charge in [-0.2, -0.15) is 9.61 Å². The number of hydrogen-bond acceptors (Lipinski definition) is 6. The smallest absolute Gasteiger partial charge is 0.200 e. The van der Waals surface area contributed by atoms with Gasteiger partial charge in [-0.25, -0.2) is 0 Å². The fourth-order valence-corrected chi connectivity index (χ4v) is 3.65. The molecule has 0 aliphatic carbocycles. The third-order valence-electron chi connectivity index (χ3n) is 5.15. The Morgan fingerprint density at radius 3 is 2.87 bits per heavy atom. The summed E-state index contributed by atoms with van der Waals surface area (Å²) in [6, 6.07) is 2.16. The third-order valence-corrected chi connectivity index (χ3v) is 5.15. The molecule has 124 valence electrons. The van der Waals surface area contributed by atoms with E-state index in [4.69, 9.17) is 4.74 Å². The van der Waals surface area contributed by atoms with Gasteiger partial charge in [-0.3, -0.25) is 0 Å². The number of morpholine rings is 1. The molecule has 2 saturated heterocycles. The first-order chi connectivity index (χ1) is 11.2. The summed E-state index contributed by atoms with van der Waals surface area (Å²) < 4.78 is 8.03. The van der Waals surface area contributed by atoms with Gasteiger partial charge in [-0.15, -0.1) is 10.2 Å². The zero-order valence-corrected chi connectivity index (χ0v) is 13.9. The van der Waals surface area contributed by atoms with Crippen molar-refractivity contribution in [2.24, 2.45) is 0 Å². The Balaban J connectivity index is 1.66. The summed E-state index contributed by atoms with van der Waals surface area (Å²) in [7, 11) is 2.18. The van der Waals surface area contributed by atoms with Gasteiger partial charge in [-0.05, 0) is 32.4 Å². The van der Waals surface area contributed by atoms with Crippen LogP contribution in [0.3, 0.4) is 0 Å². The maximum absolute atomic E-state index is 6.23. The monoisotopic (exact) mass is 316 g/mol. The fourth-order valence-electron chi connectivity index (χ4n) is 3.65. The molecule has 23 heavy (non-hydrogen) atoms. The lowest BCUT2D eigenvalue weighted by atomic mass is 9.89. The van der Waals surface area contributed by atoms with Crippen LogP contribution in [0.4, 0.5) is 5.69 Å². The molecular weight excluding hydrogens is 292 g/mol. The maximum Gasteiger partial charge on any atom is 0.200 e. The second kappa shape index (κ2) is 5.72. The molecule has 2 aliphatic rings. The van der Waals surface area contributed by atoms with Crippen molar-refractivity contribution >= 4 is 11.3 Å². The highest BCUT2D eigenvalue weighted by Crippen LogP contribution is 2.33. The molecule has 1 spiro atoms. The summed E-state index contributed by atoms with van der Waals surface area (Å²) in [4.78, 5) is 4.80. The van der Waals surface area contributed by atoms with Gasteiger partial charge < -0.3 is 14.5 Å². The molecule has 0 bridgehead atoms. The maximum atomic E-state index is 6.23. The van der Waals surface area contributed by atoms with Crippen LogP contribution in [-0.4, -0.2) is 70.1 Å². The van der Waals surface area contributed by atoms with Crippen molar-refractivity contribution < 1.29 is 4.74 Å². The first-order valence-corrected chi connectivity index (χ1v) is 8.46. The molecule has 0 saturated carbocycles. The molecule has 0 amide bonds. The molecule has 2 aliphatic heterocycles. The second-order valence-electron chi connectivity index (χ2n) is 6.73. The fraction of sp³-hybridized carbons (Fsp3) is 0.688. The molecule has 0 N–H and O–H groups in total. The van der Waals surface area contributed by atoms with Gasteiger partial charge in [0.1, 0.15) is 6.33 Å². The van der Waals surface area contributed by atoms with E-state index in [0.717, 1.165) is 69.1 Å². The molecule has 2 aromatic rings. The van der Waals surface area contributed by atoms with Crippen molar-refractivity contribution in [3.05, 3.63) is 18.1 Å². The van der Waals surface area contributed by atoms with Crippen molar-refractivity contribution in [2.75, 3.05) is 44.7 Å². The van der Waals surface area contributed by atoms with E-state index in [1.807, 2.05) is 0 Å². The zero-order chi connectivity index (χ0) is 15.9. The number of aromatic nitrogens is 4. The SMILES string of the molecule is CCc1cc(N2CCOC3(CCN(C)CC3)C2)c2nncn2n1. The van der Waals surface area contributed by atoms with Gasteiger partial charge in [-0.1, -0.05) is 6.92 Å². The lowest BCUT2D eigenvalue weighted by Crippen LogP contribution is -2.56. The van der Waals surface area contributed by atoms with E-state index in [0.29, 0.717) is 0 Å². The molecule has 4 rings (SSSR count). The topological polar surface area (TPSA) is 58.8 Å². The molecule has 7 nitrogen and oxygen atoms in total. The molecular formula is C16H24N6O. The number of fused-ring (bicyclic) bond motifs is 1. The molecule has 2 aromatic heterocycles. The quantitative estimate of drug-likeness (QED) is 0.823. The van der Waals surface area contributed by atoms with E-state index >= 15 is 0 Å². The lowest BCUT2D eigenvalue weighted by molar-refractivity contribution is -0.0882. The average molecular weight is 316 g/mol. The van der Waals surface area contributed by atoms with Gasteiger partial charge in [0.2, 0.25) is 5.65 Å². The van der Waals surface area contributed by atoms with Crippen molar-refractivity contribution in [1.29, 1.82) is 0 Å². The predicted octanol–water partition coefficient (Wildman–Crippen LogP) is 0.988. The standard InChI is InChI=1S/C16H24N6O/c1-3-13-10-14(15-18-17-12-22(15)19-13)21-8-9-23-16(11-21)4-6-20(2)7-5-16/h10,12H,3-9,11H2,1-2H3. The predicted molar refractivity (Wildman–Crippen MR) is 87.8 cm³/mol. The van der Waals surface area contributed by atoms with Crippen molar-refractivity contribution in [1.82, 2.24) is 24.7 Å². The molecule has 0 unspecified atom stereocenters.